The summed E-state index contributed by atoms with van der Waals surface area (Å²) in [5.74, 6) is 1.04. The predicted molar refractivity (Wildman–Crippen MR) is 83.8 cm³/mol. The lowest BCUT2D eigenvalue weighted by Gasteiger charge is -2.22. The molecular weight excluding hydrogens is 284 g/mol. The molecule has 1 amide bonds. The van der Waals surface area contributed by atoms with Crippen LogP contribution in [0, 0.1) is 6.92 Å². The Morgan fingerprint density at radius 1 is 1.24 bits per heavy atom. The summed E-state index contributed by atoms with van der Waals surface area (Å²) in [4.78, 5) is 26.1. The monoisotopic (exact) mass is 302 g/mol. The minimum atomic E-state index is 0.141. The fraction of sp³-hybridized carbons (Fsp3) is 0.400. The second kappa shape index (κ2) is 6.22. The van der Waals surface area contributed by atoms with Gasteiger partial charge < -0.3 is 9.80 Å². The second-order valence-corrected chi connectivity index (χ2v) is 6.08. The summed E-state index contributed by atoms with van der Waals surface area (Å²) in [7, 11) is 0. The summed E-state index contributed by atoms with van der Waals surface area (Å²) in [6.07, 6.45) is 4.50. The van der Waals surface area contributed by atoms with E-state index in [1.165, 1.54) is 11.3 Å². The Labute approximate surface area is 128 Å². The fourth-order valence-corrected chi connectivity index (χ4v) is 3.20. The maximum atomic E-state index is 12.4. The van der Waals surface area contributed by atoms with Crippen molar-refractivity contribution in [3.05, 3.63) is 40.5 Å². The van der Waals surface area contributed by atoms with Crippen molar-refractivity contribution in [1.82, 2.24) is 14.9 Å². The molecule has 5 nitrogen and oxygen atoms in total. The predicted octanol–water partition coefficient (Wildman–Crippen LogP) is 2.20. The van der Waals surface area contributed by atoms with E-state index < -0.39 is 0 Å². The van der Waals surface area contributed by atoms with Crippen molar-refractivity contribution in [2.75, 3.05) is 31.1 Å². The third-order valence-electron chi connectivity index (χ3n) is 3.58. The summed E-state index contributed by atoms with van der Waals surface area (Å²) in [5, 5.41) is 1.94. The number of aromatic nitrogens is 2. The lowest BCUT2D eigenvalue weighted by atomic mass is 10.3. The first kappa shape index (κ1) is 14.0. The minimum Gasteiger partial charge on any atom is -0.353 e. The number of aryl methyl sites for hydroxylation is 1. The molecule has 110 valence electrons. The van der Waals surface area contributed by atoms with E-state index >= 15 is 0 Å². The molecule has 1 aliphatic rings. The van der Waals surface area contributed by atoms with Crippen molar-refractivity contribution in [2.24, 2.45) is 0 Å². The summed E-state index contributed by atoms with van der Waals surface area (Å²) in [6, 6.07) is 3.81. The molecule has 6 heteroatoms. The highest BCUT2D eigenvalue weighted by Gasteiger charge is 2.21. The highest BCUT2D eigenvalue weighted by molar-refractivity contribution is 7.12. The van der Waals surface area contributed by atoms with E-state index in [1.54, 1.807) is 12.4 Å². The molecule has 0 N–H and O–H groups in total. The first-order valence-electron chi connectivity index (χ1n) is 7.10. The molecule has 2 aromatic heterocycles. The molecule has 3 heterocycles. The molecule has 2 aromatic rings. The number of carbonyl (C=O) groups excluding carboxylic acids is 1. The quantitative estimate of drug-likeness (QED) is 0.853. The molecule has 21 heavy (non-hydrogen) atoms. The van der Waals surface area contributed by atoms with Gasteiger partial charge in [-0.25, -0.2) is 4.98 Å². The summed E-state index contributed by atoms with van der Waals surface area (Å²) >= 11 is 1.50. The number of rotatable bonds is 2. The molecule has 1 aliphatic heterocycles. The molecule has 0 aromatic carbocycles. The third-order valence-corrected chi connectivity index (χ3v) is 4.44. The minimum absolute atomic E-state index is 0.141. The van der Waals surface area contributed by atoms with Gasteiger partial charge in [-0.3, -0.25) is 9.78 Å². The van der Waals surface area contributed by atoms with Gasteiger partial charge in [-0.2, -0.15) is 0 Å². The zero-order valence-electron chi connectivity index (χ0n) is 12.0. The van der Waals surface area contributed by atoms with Crippen molar-refractivity contribution in [1.29, 1.82) is 0 Å². The van der Waals surface area contributed by atoms with Gasteiger partial charge in [0.05, 0.1) is 16.8 Å². The summed E-state index contributed by atoms with van der Waals surface area (Å²) < 4.78 is 0. The van der Waals surface area contributed by atoms with Crippen molar-refractivity contribution >= 4 is 23.1 Å². The van der Waals surface area contributed by atoms with Gasteiger partial charge in [0.1, 0.15) is 5.82 Å². The number of amides is 1. The van der Waals surface area contributed by atoms with Gasteiger partial charge in [0, 0.05) is 32.4 Å². The van der Waals surface area contributed by atoms with Gasteiger partial charge in [0.25, 0.3) is 5.91 Å². The molecule has 0 unspecified atom stereocenters. The highest BCUT2D eigenvalue weighted by Crippen LogP contribution is 2.16. The van der Waals surface area contributed by atoms with Crippen LogP contribution in [-0.2, 0) is 0 Å². The summed E-state index contributed by atoms with van der Waals surface area (Å²) in [6.45, 7) is 5.18. The lowest BCUT2D eigenvalue weighted by Crippen LogP contribution is -2.35. The average Bonchev–Trinajstić information content (AvgIpc) is 2.91. The first-order valence-corrected chi connectivity index (χ1v) is 7.98. The number of hydrogen-bond donors (Lipinski definition) is 0. The van der Waals surface area contributed by atoms with Crippen LogP contribution >= 0.6 is 11.3 Å². The normalized spacial score (nSPS) is 15.9. The molecule has 0 bridgehead atoms. The molecule has 0 aliphatic carbocycles. The SMILES string of the molecule is Cc1cncc(N2CCCN(C(=O)c3cccs3)CC2)n1. The number of anilines is 1. The van der Waals surface area contributed by atoms with E-state index in [1.807, 2.05) is 29.3 Å². The van der Waals surface area contributed by atoms with Crippen molar-refractivity contribution in [2.45, 2.75) is 13.3 Å². The standard InChI is InChI=1S/C15H18N4OS/c1-12-10-16-11-14(17-12)18-5-3-6-19(8-7-18)15(20)13-4-2-9-21-13/h2,4,9-11H,3,5-8H2,1H3. The van der Waals surface area contributed by atoms with Crippen LogP contribution in [0.3, 0.4) is 0 Å². The van der Waals surface area contributed by atoms with Gasteiger partial charge >= 0.3 is 0 Å². The number of nitrogens with zero attached hydrogens (tertiary/aromatic N) is 4. The molecule has 1 fully saturated rings. The Balaban J connectivity index is 1.68. The molecular formula is C15H18N4OS. The molecule has 1 saturated heterocycles. The zero-order chi connectivity index (χ0) is 14.7. The Morgan fingerprint density at radius 2 is 2.14 bits per heavy atom. The van der Waals surface area contributed by atoms with E-state index in [2.05, 4.69) is 14.9 Å². The van der Waals surface area contributed by atoms with Gasteiger partial charge in [0.2, 0.25) is 0 Å². The van der Waals surface area contributed by atoms with Gasteiger partial charge in [-0.15, -0.1) is 11.3 Å². The van der Waals surface area contributed by atoms with E-state index in [0.717, 1.165) is 49.0 Å². The van der Waals surface area contributed by atoms with Crippen LogP contribution in [0.1, 0.15) is 21.8 Å². The maximum Gasteiger partial charge on any atom is 0.263 e. The Kier molecular flexibility index (Phi) is 4.15. The molecule has 3 rings (SSSR count). The Morgan fingerprint density at radius 3 is 2.90 bits per heavy atom. The molecule has 0 saturated carbocycles. The maximum absolute atomic E-state index is 12.4. The van der Waals surface area contributed by atoms with Crippen LogP contribution in [0.4, 0.5) is 5.82 Å². The Hall–Kier alpha value is -1.95. The molecule has 0 radical (unpaired) electrons. The third kappa shape index (κ3) is 3.21. The van der Waals surface area contributed by atoms with Crippen LogP contribution in [0.25, 0.3) is 0 Å². The number of thiophene rings is 1. The van der Waals surface area contributed by atoms with Crippen LogP contribution in [0.15, 0.2) is 29.9 Å². The fourth-order valence-electron chi connectivity index (χ4n) is 2.51. The van der Waals surface area contributed by atoms with Crippen molar-refractivity contribution < 1.29 is 4.79 Å². The zero-order valence-corrected chi connectivity index (χ0v) is 12.8. The van der Waals surface area contributed by atoms with E-state index in [0.29, 0.717) is 0 Å². The second-order valence-electron chi connectivity index (χ2n) is 5.13. The smallest absolute Gasteiger partial charge is 0.263 e. The van der Waals surface area contributed by atoms with E-state index in [-0.39, 0.29) is 5.91 Å². The summed E-state index contributed by atoms with van der Waals surface area (Å²) in [5.41, 5.74) is 0.920. The molecule has 0 atom stereocenters. The van der Waals surface area contributed by atoms with Gasteiger partial charge in [-0.1, -0.05) is 6.07 Å². The van der Waals surface area contributed by atoms with Crippen LogP contribution < -0.4 is 4.90 Å². The first-order chi connectivity index (χ1) is 10.2. The largest absolute Gasteiger partial charge is 0.353 e. The van der Waals surface area contributed by atoms with Crippen LogP contribution in [0.2, 0.25) is 0 Å². The Bertz CT molecular complexity index is 614. The number of carbonyl (C=O) groups is 1. The lowest BCUT2D eigenvalue weighted by molar-refractivity contribution is 0.0772. The molecule has 0 spiro atoms. The van der Waals surface area contributed by atoms with Crippen molar-refractivity contribution in [3.8, 4) is 0 Å². The van der Waals surface area contributed by atoms with E-state index in [4.69, 9.17) is 0 Å². The van der Waals surface area contributed by atoms with Crippen LogP contribution in [-0.4, -0.2) is 47.0 Å². The van der Waals surface area contributed by atoms with Crippen LogP contribution in [0.5, 0.6) is 0 Å². The van der Waals surface area contributed by atoms with Crippen molar-refractivity contribution in [3.63, 3.8) is 0 Å². The number of hydrogen-bond acceptors (Lipinski definition) is 5. The van der Waals surface area contributed by atoms with E-state index in [9.17, 15) is 4.79 Å². The average molecular weight is 302 g/mol. The highest BCUT2D eigenvalue weighted by atomic mass is 32.1. The van der Waals surface area contributed by atoms with Gasteiger partial charge in [-0.05, 0) is 24.8 Å². The topological polar surface area (TPSA) is 49.3 Å². The van der Waals surface area contributed by atoms with Gasteiger partial charge in [0.15, 0.2) is 0 Å².